The average Bonchev–Trinajstić information content (AvgIpc) is 2.36. The molecule has 1 aromatic carbocycles. The Kier molecular flexibility index (Phi) is 4.51. The zero-order chi connectivity index (χ0) is 12.7. The Morgan fingerprint density at radius 3 is 2.76 bits per heavy atom. The van der Waals surface area contributed by atoms with E-state index in [1.807, 2.05) is 6.07 Å². The van der Waals surface area contributed by atoms with Gasteiger partial charge in [-0.2, -0.15) is 5.26 Å². The number of nitriles is 1. The summed E-state index contributed by atoms with van der Waals surface area (Å²) < 4.78 is 4.31. The first-order valence-corrected chi connectivity index (χ1v) is 4.78. The third kappa shape index (κ3) is 3.83. The number of benzene rings is 1. The van der Waals surface area contributed by atoms with Crippen molar-refractivity contribution in [1.82, 2.24) is 5.32 Å². The topological polar surface area (TPSA) is 91.2 Å². The Hall–Kier alpha value is -2.55. The first-order chi connectivity index (χ1) is 8.17. The summed E-state index contributed by atoms with van der Waals surface area (Å²) in [6.07, 6.45) is -0.686. The van der Waals surface area contributed by atoms with Gasteiger partial charge in [-0.05, 0) is 12.1 Å². The molecule has 2 N–H and O–H groups in total. The molecule has 0 saturated heterocycles. The number of nitrogens with zero attached hydrogens (tertiary/aromatic N) is 1. The molecule has 0 spiro atoms. The Bertz CT molecular complexity index is 465. The van der Waals surface area contributed by atoms with Crippen molar-refractivity contribution in [3.8, 4) is 6.07 Å². The van der Waals surface area contributed by atoms with Crippen molar-refractivity contribution in [1.29, 1.82) is 5.26 Å². The summed E-state index contributed by atoms with van der Waals surface area (Å²) in [5.74, 6) is -0.432. The summed E-state index contributed by atoms with van der Waals surface area (Å²) in [6, 6.07) is 8.54. The summed E-state index contributed by atoms with van der Waals surface area (Å²) >= 11 is 0. The average molecular weight is 233 g/mol. The van der Waals surface area contributed by atoms with E-state index >= 15 is 0 Å². The summed E-state index contributed by atoms with van der Waals surface area (Å²) in [7, 11) is 1.21. The molecule has 1 rings (SSSR count). The maximum Gasteiger partial charge on any atom is 0.407 e. The minimum Gasteiger partial charge on any atom is -0.453 e. The highest BCUT2D eigenvalue weighted by atomic mass is 16.5. The molecular weight excluding hydrogens is 222 g/mol. The molecule has 0 saturated carbocycles. The van der Waals surface area contributed by atoms with Crippen LogP contribution >= 0.6 is 0 Å². The highest BCUT2D eigenvalue weighted by molar-refractivity contribution is 5.94. The van der Waals surface area contributed by atoms with Crippen LogP contribution in [0.5, 0.6) is 0 Å². The third-order valence-corrected chi connectivity index (χ3v) is 1.90. The molecule has 0 heterocycles. The predicted octanol–water partition coefficient (Wildman–Crippen LogP) is 0.853. The molecule has 0 radical (unpaired) electrons. The number of anilines is 1. The van der Waals surface area contributed by atoms with Gasteiger partial charge < -0.3 is 15.4 Å². The quantitative estimate of drug-likeness (QED) is 0.809. The predicted molar refractivity (Wildman–Crippen MR) is 60.2 cm³/mol. The molecule has 0 aliphatic carbocycles. The lowest BCUT2D eigenvalue weighted by molar-refractivity contribution is -0.115. The summed E-state index contributed by atoms with van der Waals surface area (Å²) in [4.78, 5) is 22.1. The van der Waals surface area contributed by atoms with Gasteiger partial charge in [-0.3, -0.25) is 4.79 Å². The Morgan fingerprint density at radius 2 is 2.12 bits per heavy atom. The van der Waals surface area contributed by atoms with E-state index in [0.717, 1.165) is 0 Å². The molecule has 0 fully saturated rings. The van der Waals surface area contributed by atoms with E-state index in [-0.39, 0.29) is 6.54 Å². The molecular formula is C11H11N3O3. The fourth-order valence-electron chi connectivity index (χ4n) is 1.11. The highest BCUT2D eigenvalue weighted by Gasteiger charge is 2.07. The maximum atomic E-state index is 11.4. The van der Waals surface area contributed by atoms with E-state index in [4.69, 9.17) is 5.26 Å². The van der Waals surface area contributed by atoms with Crippen molar-refractivity contribution in [2.45, 2.75) is 0 Å². The fourth-order valence-corrected chi connectivity index (χ4v) is 1.11. The van der Waals surface area contributed by atoms with Crippen molar-refractivity contribution >= 4 is 17.7 Å². The molecule has 0 aromatic heterocycles. The highest BCUT2D eigenvalue weighted by Crippen LogP contribution is 2.12. The minimum absolute atomic E-state index is 0.216. The molecule has 17 heavy (non-hydrogen) atoms. The van der Waals surface area contributed by atoms with Crippen molar-refractivity contribution in [2.75, 3.05) is 19.0 Å². The number of rotatable bonds is 3. The minimum atomic E-state index is -0.686. The van der Waals surface area contributed by atoms with Crippen LogP contribution in [0.25, 0.3) is 0 Å². The second-order valence-electron chi connectivity index (χ2n) is 3.05. The van der Waals surface area contributed by atoms with Gasteiger partial charge in [-0.15, -0.1) is 0 Å². The molecule has 6 nitrogen and oxygen atoms in total. The van der Waals surface area contributed by atoms with Crippen LogP contribution in [0.3, 0.4) is 0 Å². The second-order valence-corrected chi connectivity index (χ2v) is 3.05. The largest absolute Gasteiger partial charge is 0.453 e. The number of ether oxygens (including phenoxy) is 1. The van der Waals surface area contributed by atoms with E-state index < -0.39 is 12.0 Å². The molecule has 2 amide bonds. The normalized spacial score (nSPS) is 8.94. The van der Waals surface area contributed by atoms with Gasteiger partial charge in [0.25, 0.3) is 0 Å². The first-order valence-electron chi connectivity index (χ1n) is 4.78. The number of carbonyl (C=O) groups is 2. The van der Waals surface area contributed by atoms with Crippen LogP contribution in [0.1, 0.15) is 5.56 Å². The molecule has 6 heteroatoms. The van der Waals surface area contributed by atoms with Crippen LogP contribution in [-0.2, 0) is 9.53 Å². The van der Waals surface area contributed by atoms with E-state index in [1.54, 1.807) is 24.3 Å². The standard InChI is InChI=1S/C11H11N3O3/c1-17-11(16)13-7-10(15)14-9-5-3-2-4-8(9)6-12/h2-5H,7H2,1H3,(H,13,16)(H,14,15). The van der Waals surface area contributed by atoms with Crippen LogP contribution in [0.2, 0.25) is 0 Å². The third-order valence-electron chi connectivity index (χ3n) is 1.90. The van der Waals surface area contributed by atoms with Crippen LogP contribution in [-0.4, -0.2) is 25.7 Å². The Morgan fingerprint density at radius 1 is 1.41 bits per heavy atom. The van der Waals surface area contributed by atoms with Crippen LogP contribution < -0.4 is 10.6 Å². The fraction of sp³-hybridized carbons (Fsp3) is 0.182. The van der Waals surface area contributed by atoms with Gasteiger partial charge in [0.2, 0.25) is 5.91 Å². The zero-order valence-electron chi connectivity index (χ0n) is 9.19. The van der Waals surface area contributed by atoms with Gasteiger partial charge in [-0.25, -0.2) is 4.79 Å². The van der Waals surface area contributed by atoms with Gasteiger partial charge in [0.1, 0.15) is 12.6 Å². The van der Waals surface area contributed by atoms with Crippen molar-refractivity contribution < 1.29 is 14.3 Å². The smallest absolute Gasteiger partial charge is 0.407 e. The van der Waals surface area contributed by atoms with Gasteiger partial charge in [-0.1, -0.05) is 12.1 Å². The van der Waals surface area contributed by atoms with E-state index in [0.29, 0.717) is 11.3 Å². The zero-order valence-corrected chi connectivity index (χ0v) is 9.19. The van der Waals surface area contributed by atoms with Crippen molar-refractivity contribution in [2.24, 2.45) is 0 Å². The number of nitrogens with one attached hydrogen (secondary N) is 2. The number of hydrogen-bond donors (Lipinski definition) is 2. The summed E-state index contributed by atoms with van der Waals surface area (Å²) in [6.45, 7) is -0.216. The van der Waals surface area contributed by atoms with E-state index in [1.165, 1.54) is 7.11 Å². The monoisotopic (exact) mass is 233 g/mol. The number of carbonyl (C=O) groups excluding carboxylic acids is 2. The summed E-state index contributed by atoms with van der Waals surface area (Å²) in [5, 5.41) is 13.5. The molecule has 1 aromatic rings. The van der Waals surface area contributed by atoms with Crippen LogP contribution in [0.15, 0.2) is 24.3 Å². The number of methoxy groups -OCH3 is 1. The van der Waals surface area contributed by atoms with Crippen LogP contribution in [0, 0.1) is 11.3 Å². The number of para-hydroxylation sites is 1. The number of alkyl carbamates (subject to hydrolysis) is 1. The van der Waals surface area contributed by atoms with Crippen molar-refractivity contribution in [3.05, 3.63) is 29.8 Å². The van der Waals surface area contributed by atoms with Crippen molar-refractivity contribution in [3.63, 3.8) is 0 Å². The lowest BCUT2D eigenvalue weighted by atomic mass is 10.2. The van der Waals surface area contributed by atoms with Gasteiger partial charge in [0.05, 0.1) is 18.4 Å². The first kappa shape index (κ1) is 12.5. The maximum absolute atomic E-state index is 11.4. The molecule has 0 unspecified atom stereocenters. The molecule has 0 bridgehead atoms. The molecule has 0 aliphatic heterocycles. The number of amides is 2. The lowest BCUT2D eigenvalue weighted by Crippen LogP contribution is -2.32. The van der Waals surface area contributed by atoms with E-state index in [2.05, 4.69) is 15.4 Å². The molecule has 0 atom stereocenters. The number of hydrogen-bond acceptors (Lipinski definition) is 4. The second kappa shape index (κ2) is 6.12. The Balaban J connectivity index is 2.57. The molecule has 88 valence electrons. The van der Waals surface area contributed by atoms with Gasteiger partial charge >= 0.3 is 6.09 Å². The lowest BCUT2D eigenvalue weighted by Gasteiger charge is -2.07. The van der Waals surface area contributed by atoms with Crippen LogP contribution in [0.4, 0.5) is 10.5 Å². The Labute approximate surface area is 98.2 Å². The van der Waals surface area contributed by atoms with Gasteiger partial charge in [0.15, 0.2) is 0 Å². The summed E-state index contributed by atoms with van der Waals surface area (Å²) in [5.41, 5.74) is 0.769. The van der Waals surface area contributed by atoms with E-state index in [9.17, 15) is 9.59 Å². The van der Waals surface area contributed by atoms with Gasteiger partial charge in [0, 0.05) is 0 Å². The SMILES string of the molecule is COC(=O)NCC(=O)Nc1ccccc1C#N. The molecule has 0 aliphatic rings.